The van der Waals surface area contributed by atoms with Crippen molar-refractivity contribution in [3.63, 3.8) is 0 Å². The molecule has 0 bridgehead atoms. The van der Waals surface area contributed by atoms with Crippen molar-refractivity contribution in [3.05, 3.63) is 29.9 Å². The molecule has 0 unspecified atom stereocenters. The number of amides is 1. The number of hydrogen-bond acceptors (Lipinski definition) is 5. The number of pyridine rings is 1. The summed E-state index contributed by atoms with van der Waals surface area (Å²) >= 11 is 0. The molecule has 0 atom stereocenters. The SMILES string of the molecule is Cc1ccc(-c2nnc(C3CCN(C(=O)C4CCC4)CC3)o2)cn1. The van der Waals surface area contributed by atoms with Gasteiger partial charge in [0.1, 0.15) is 0 Å². The van der Waals surface area contributed by atoms with Crippen molar-refractivity contribution >= 4 is 5.91 Å². The molecule has 126 valence electrons. The van der Waals surface area contributed by atoms with Gasteiger partial charge in [0.2, 0.25) is 17.7 Å². The largest absolute Gasteiger partial charge is 0.420 e. The first-order valence-electron chi connectivity index (χ1n) is 8.76. The van der Waals surface area contributed by atoms with Crippen LogP contribution in [-0.2, 0) is 4.79 Å². The van der Waals surface area contributed by atoms with Crippen molar-refractivity contribution in [2.45, 2.75) is 44.9 Å². The maximum Gasteiger partial charge on any atom is 0.249 e. The molecule has 24 heavy (non-hydrogen) atoms. The fourth-order valence-corrected chi connectivity index (χ4v) is 3.37. The van der Waals surface area contributed by atoms with E-state index in [0.717, 1.165) is 50.0 Å². The molecule has 1 saturated carbocycles. The maximum atomic E-state index is 12.3. The Hall–Kier alpha value is -2.24. The first-order valence-corrected chi connectivity index (χ1v) is 8.76. The predicted molar refractivity (Wildman–Crippen MR) is 88.2 cm³/mol. The Bertz CT molecular complexity index is 713. The predicted octanol–water partition coefficient (Wildman–Crippen LogP) is 2.95. The zero-order valence-electron chi connectivity index (χ0n) is 13.9. The van der Waals surface area contributed by atoms with Crippen LogP contribution in [0.1, 0.15) is 49.6 Å². The van der Waals surface area contributed by atoms with E-state index < -0.39 is 0 Å². The number of carbonyl (C=O) groups is 1. The van der Waals surface area contributed by atoms with Crippen LogP contribution in [0, 0.1) is 12.8 Å². The maximum absolute atomic E-state index is 12.3. The van der Waals surface area contributed by atoms with Crippen LogP contribution in [0.5, 0.6) is 0 Å². The zero-order valence-corrected chi connectivity index (χ0v) is 13.9. The first kappa shape index (κ1) is 15.3. The minimum Gasteiger partial charge on any atom is -0.420 e. The summed E-state index contributed by atoms with van der Waals surface area (Å²) in [5, 5.41) is 8.38. The lowest BCUT2D eigenvalue weighted by Crippen LogP contribution is -2.43. The van der Waals surface area contributed by atoms with E-state index in [1.165, 1.54) is 6.42 Å². The number of hydrogen-bond donors (Lipinski definition) is 0. The zero-order chi connectivity index (χ0) is 16.5. The number of nitrogens with zero attached hydrogens (tertiary/aromatic N) is 4. The summed E-state index contributed by atoms with van der Waals surface area (Å²) in [7, 11) is 0. The number of aromatic nitrogens is 3. The molecule has 6 heteroatoms. The molecule has 4 rings (SSSR count). The molecule has 2 aromatic rings. The highest BCUT2D eigenvalue weighted by atomic mass is 16.4. The normalized spacial score (nSPS) is 19.3. The van der Waals surface area contributed by atoms with Gasteiger partial charge in [0.25, 0.3) is 0 Å². The second-order valence-corrected chi connectivity index (χ2v) is 6.86. The van der Waals surface area contributed by atoms with E-state index in [0.29, 0.717) is 17.7 Å². The van der Waals surface area contributed by atoms with Gasteiger partial charge < -0.3 is 9.32 Å². The summed E-state index contributed by atoms with van der Waals surface area (Å²) in [6.07, 6.45) is 6.88. The topological polar surface area (TPSA) is 72.1 Å². The Morgan fingerprint density at radius 1 is 1.17 bits per heavy atom. The van der Waals surface area contributed by atoms with Crippen molar-refractivity contribution in [2.75, 3.05) is 13.1 Å². The highest BCUT2D eigenvalue weighted by Crippen LogP contribution is 2.33. The van der Waals surface area contributed by atoms with E-state index in [1.807, 2.05) is 24.0 Å². The Kier molecular flexibility index (Phi) is 4.04. The molecular formula is C18H22N4O2. The van der Waals surface area contributed by atoms with E-state index in [4.69, 9.17) is 4.42 Å². The van der Waals surface area contributed by atoms with Gasteiger partial charge in [-0.2, -0.15) is 0 Å². The average Bonchev–Trinajstić information content (AvgIpc) is 3.04. The van der Waals surface area contributed by atoms with Crippen molar-refractivity contribution in [1.29, 1.82) is 0 Å². The van der Waals surface area contributed by atoms with Crippen LogP contribution >= 0.6 is 0 Å². The highest BCUT2D eigenvalue weighted by molar-refractivity contribution is 5.79. The van der Waals surface area contributed by atoms with Crippen molar-refractivity contribution in [1.82, 2.24) is 20.1 Å². The van der Waals surface area contributed by atoms with Crippen LogP contribution in [0.4, 0.5) is 0 Å². The smallest absolute Gasteiger partial charge is 0.249 e. The van der Waals surface area contributed by atoms with Crippen LogP contribution in [0.15, 0.2) is 22.7 Å². The Morgan fingerprint density at radius 3 is 2.58 bits per heavy atom. The van der Waals surface area contributed by atoms with Crippen molar-refractivity contribution in [3.8, 4) is 11.5 Å². The fraction of sp³-hybridized carbons (Fsp3) is 0.556. The molecule has 0 radical (unpaired) electrons. The quantitative estimate of drug-likeness (QED) is 0.867. The molecule has 2 aliphatic rings. The molecule has 6 nitrogen and oxygen atoms in total. The third-order valence-electron chi connectivity index (χ3n) is 5.21. The summed E-state index contributed by atoms with van der Waals surface area (Å²) in [5.41, 5.74) is 1.80. The molecule has 0 aromatic carbocycles. The van der Waals surface area contributed by atoms with Crippen LogP contribution in [-0.4, -0.2) is 39.1 Å². The first-order chi connectivity index (χ1) is 11.7. The summed E-state index contributed by atoms with van der Waals surface area (Å²) in [4.78, 5) is 18.6. The van der Waals surface area contributed by atoms with Crippen molar-refractivity contribution < 1.29 is 9.21 Å². The summed E-state index contributed by atoms with van der Waals surface area (Å²) in [6, 6.07) is 3.88. The lowest BCUT2D eigenvalue weighted by atomic mass is 9.83. The van der Waals surface area contributed by atoms with Gasteiger partial charge in [-0.25, -0.2) is 0 Å². The third kappa shape index (κ3) is 2.92. The number of carbonyl (C=O) groups excluding carboxylic acids is 1. The molecular weight excluding hydrogens is 304 g/mol. The third-order valence-corrected chi connectivity index (χ3v) is 5.21. The van der Waals surface area contributed by atoms with Crippen LogP contribution in [0.2, 0.25) is 0 Å². The van der Waals surface area contributed by atoms with E-state index in [1.54, 1.807) is 6.20 Å². The Morgan fingerprint density at radius 2 is 1.96 bits per heavy atom. The minimum atomic E-state index is 0.245. The van der Waals surface area contributed by atoms with Crippen LogP contribution < -0.4 is 0 Å². The van der Waals surface area contributed by atoms with Gasteiger partial charge in [-0.05, 0) is 44.7 Å². The van der Waals surface area contributed by atoms with E-state index >= 15 is 0 Å². The fourth-order valence-electron chi connectivity index (χ4n) is 3.37. The molecule has 1 aliphatic carbocycles. The number of aryl methyl sites for hydroxylation is 1. The molecule has 0 N–H and O–H groups in total. The van der Waals surface area contributed by atoms with Gasteiger partial charge in [-0.1, -0.05) is 6.42 Å². The van der Waals surface area contributed by atoms with Gasteiger partial charge in [0.05, 0.1) is 5.56 Å². The number of rotatable bonds is 3. The van der Waals surface area contributed by atoms with Gasteiger partial charge in [0.15, 0.2) is 0 Å². The Labute approximate surface area is 141 Å². The molecule has 1 saturated heterocycles. The molecule has 2 fully saturated rings. The monoisotopic (exact) mass is 326 g/mol. The summed E-state index contributed by atoms with van der Waals surface area (Å²) in [5.74, 6) is 2.07. The van der Waals surface area contributed by atoms with Crippen LogP contribution in [0.3, 0.4) is 0 Å². The summed E-state index contributed by atoms with van der Waals surface area (Å²) < 4.78 is 5.86. The molecule has 1 aliphatic heterocycles. The molecule has 2 aromatic heterocycles. The Balaban J connectivity index is 1.39. The van der Waals surface area contributed by atoms with Crippen LogP contribution in [0.25, 0.3) is 11.5 Å². The second-order valence-electron chi connectivity index (χ2n) is 6.86. The number of likely N-dealkylation sites (tertiary alicyclic amines) is 1. The second kappa shape index (κ2) is 6.34. The van der Waals surface area contributed by atoms with E-state index in [2.05, 4.69) is 15.2 Å². The van der Waals surface area contributed by atoms with Crippen molar-refractivity contribution in [2.24, 2.45) is 5.92 Å². The standard InChI is InChI=1S/C18H22N4O2/c1-12-5-6-15(11-19-12)17-21-20-16(24-17)13-7-9-22(10-8-13)18(23)14-3-2-4-14/h5-6,11,13-14H,2-4,7-10H2,1H3. The van der Waals surface area contributed by atoms with Gasteiger partial charge >= 0.3 is 0 Å². The number of piperidine rings is 1. The summed E-state index contributed by atoms with van der Waals surface area (Å²) in [6.45, 7) is 3.54. The van der Waals surface area contributed by atoms with Gasteiger partial charge in [0, 0.05) is 36.8 Å². The van der Waals surface area contributed by atoms with Gasteiger partial charge in [-0.3, -0.25) is 9.78 Å². The van der Waals surface area contributed by atoms with Gasteiger partial charge in [-0.15, -0.1) is 10.2 Å². The molecule has 1 amide bonds. The highest BCUT2D eigenvalue weighted by Gasteiger charge is 2.33. The van der Waals surface area contributed by atoms with E-state index in [9.17, 15) is 4.79 Å². The average molecular weight is 326 g/mol. The van der Waals surface area contributed by atoms with E-state index in [-0.39, 0.29) is 11.8 Å². The lowest BCUT2D eigenvalue weighted by Gasteiger charge is -2.35. The minimum absolute atomic E-state index is 0.245. The molecule has 3 heterocycles. The lowest BCUT2D eigenvalue weighted by molar-refractivity contribution is -0.139. The molecule has 0 spiro atoms.